The summed E-state index contributed by atoms with van der Waals surface area (Å²) < 4.78 is 12.2. The van der Waals surface area contributed by atoms with Crippen molar-refractivity contribution in [3.8, 4) is 0 Å². The molecule has 0 saturated carbocycles. The maximum Gasteiger partial charge on any atom is 0.242 e. The van der Waals surface area contributed by atoms with E-state index in [9.17, 15) is 4.79 Å². The van der Waals surface area contributed by atoms with Crippen molar-refractivity contribution in [2.45, 2.75) is 39.5 Å². The van der Waals surface area contributed by atoms with Crippen molar-refractivity contribution in [1.29, 1.82) is 0 Å². The van der Waals surface area contributed by atoms with Gasteiger partial charge in [-0.15, -0.1) is 5.10 Å². The molecule has 0 spiro atoms. The minimum atomic E-state index is -0.556. The molecule has 1 amide bonds. The Bertz CT molecular complexity index is 374. The Morgan fingerprint density at radius 3 is 2.44 bits per heavy atom. The van der Waals surface area contributed by atoms with Gasteiger partial charge in [0.15, 0.2) is 0 Å². The van der Waals surface area contributed by atoms with Crippen LogP contribution in [-0.4, -0.2) is 34.1 Å². The van der Waals surface area contributed by atoms with E-state index in [1.165, 1.54) is 4.68 Å². The van der Waals surface area contributed by atoms with Gasteiger partial charge in [-0.05, 0) is 20.3 Å². The second kappa shape index (κ2) is 7.07. The van der Waals surface area contributed by atoms with Crippen LogP contribution in [0.4, 0.5) is 0 Å². The number of nitrogens with zero attached hydrogens (tertiary/aromatic N) is 3. The molecule has 1 heterocycles. The zero-order chi connectivity index (χ0) is 13.5. The summed E-state index contributed by atoms with van der Waals surface area (Å²) in [5.41, 5.74) is 5.83. The van der Waals surface area contributed by atoms with Crippen molar-refractivity contribution in [2.75, 3.05) is 13.2 Å². The van der Waals surface area contributed by atoms with E-state index in [0.717, 1.165) is 0 Å². The van der Waals surface area contributed by atoms with Crippen LogP contribution < -0.4 is 5.73 Å². The predicted octanol–water partition coefficient (Wildman–Crippen LogP) is 0.786. The molecule has 1 rings (SSSR count). The molecule has 0 bridgehead atoms. The predicted molar refractivity (Wildman–Crippen MR) is 64.5 cm³/mol. The van der Waals surface area contributed by atoms with E-state index in [2.05, 4.69) is 10.3 Å². The highest BCUT2D eigenvalue weighted by Gasteiger charge is 2.21. The van der Waals surface area contributed by atoms with Gasteiger partial charge in [0.1, 0.15) is 11.7 Å². The zero-order valence-electron chi connectivity index (χ0n) is 11.0. The van der Waals surface area contributed by atoms with Gasteiger partial charge in [0.05, 0.1) is 6.20 Å². The summed E-state index contributed by atoms with van der Waals surface area (Å²) >= 11 is 0. The molecule has 0 saturated heterocycles. The van der Waals surface area contributed by atoms with Crippen molar-refractivity contribution in [2.24, 2.45) is 5.73 Å². The molecule has 1 atom stereocenters. The minimum Gasteiger partial charge on any atom is -0.368 e. The van der Waals surface area contributed by atoms with E-state index in [4.69, 9.17) is 15.2 Å². The molecule has 0 fully saturated rings. The summed E-state index contributed by atoms with van der Waals surface area (Å²) in [6.45, 7) is 6.61. The van der Waals surface area contributed by atoms with Gasteiger partial charge in [-0.2, -0.15) is 0 Å². The Morgan fingerprint density at radius 2 is 2.00 bits per heavy atom. The van der Waals surface area contributed by atoms with Crippen LogP contribution >= 0.6 is 0 Å². The number of nitrogens with two attached hydrogens (primary N) is 1. The molecule has 0 aliphatic rings. The van der Waals surface area contributed by atoms with Crippen molar-refractivity contribution >= 4 is 5.91 Å². The highest BCUT2D eigenvalue weighted by atomic mass is 16.7. The smallest absolute Gasteiger partial charge is 0.242 e. The number of carbonyl (C=O) groups excluding carboxylic acids is 1. The van der Waals surface area contributed by atoms with Crippen molar-refractivity contribution in [3.63, 3.8) is 0 Å². The van der Waals surface area contributed by atoms with E-state index in [1.807, 2.05) is 20.8 Å². The Kier molecular flexibility index (Phi) is 5.73. The normalized spacial score (nSPS) is 12.9. The monoisotopic (exact) mass is 256 g/mol. The maximum atomic E-state index is 11.2. The first-order chi connectivity index (χ1) is 8.63. The number of rotatable bonds is 8. The van der Waals surface area contributed by atoms with Crippen LogP contribution in [0.2, 0.25) is 0 Å². The maximum absolute atomic E-state index is 11.2. The Morgan fingerprint density at radius 1 is 1.39 bits per heavy atom. The average Bonchev–Trinajstić information content (AvgIpc) is 2.78. The molecule has 18 heavy (non-hydrogen) atoms. The number of primary amides is 1. The number of hydrogen-bond acceptors (Lipinski definition) is 5. The first-order valence-corrected chi connectivity index (χ1v) is 6.08. The second-order valence-electron chi connectivity index (χ2n) is 3.69. The average molecular weight is 256 g/mol. The second-order valence-corrected chi connectivity index (χ2v) is 3.69. The third-order valence-electron chi connectivity index (χ3n) is 2.44. The number of ether oxygens (including phenoxy) is 2. The van der Waals surface area contributed by atoms with Gasteiger partial charge in [-0.1, -0.05) is 12.1 Å². The lowest BCUT2D eigenvalue weighted by Crippen LogP contribution is -2.26. The first kappa shape index (κ1) is 14.6. The minimum absolute atomic E-state index is 0.432. The van der Waals surface area contributed by atoms with Gasteiger partial charge >= 0.3 is 0 Å². The van der Waals surface area contributed by atoms with Crippen LogP contribution in [0.3, 0.4) is 0 Å². The SMILES string of the molecule is CCOC(OCC)c1cn(C(CC)C(N)=O)nn1. The summed E-state index contributed by atoms with van der Waals surface area (Å²) in [4.78, 5) is 11.2. The third-order valence-corrected chi connectivity index (χ3v) is 2.44. The van der Waals surface area contributed by atoms with Crippen molar-refractivity contribution in [3.05, 3.63) is 11.9 Å². The summed E-state index contributed by atoms with van der Waals surface area (Å²) in [5.74, 6) is -0.432. The molecular weight excluding hydrogens is 236 g/mol. The Hall–Kier alpha value is -1.47. The van der Waals surface area contributed by atoms with Gasteiger partial charge in [0.25, 0.3) is 0 Å². The molecule has 0 aliphatic heterocycles. The van der Waals surface area contributed by atoms with E-state index in [1.54, 1.807) is 6.20 Å². The fraction of sp³-hybridized carbons (Fsp3) is 0.727. The largest absolute Gasteiger partial charge is 0.368 e. The lowest BCUT2D eigenvalue weighted by Gasteiger charge is -2.14. The summed E-state index contributed by atoms with van der Waals surface area (Å²) in [5, 5.41) is 7.86. The molecule has 1 aromatic rings. The van der Waals surface area contributed by atoms with Crippen LogP contribution in [0.1, 0.15) is 45.2 Å². The molecule has 1 aromatic heterocycles. The lowest BCUT2D eigenvalue weighted by molar-refractivity contribution is -0.142. The lowest BCUT2D eigenvalue weighted by atomic mass is 10.2. The number of amides is 1. The number of carbonyl (C=O) groups is 1. The van der Waals surface area contributed by atoms with Crippen LogP contribution in [0.15, 0.2) is 6.20 Å². The number of aromatic nitrogens is 3. The summed E-state index contributed by atoms with van der Waals surface area (Å²) in [7, 11) is 0. The molecule has 7 heteroatoms. The standard InChI is InChI=1S/C11H20N4O3/c1-4-9(10(12)16)15-7-8(13-14-15)11(17-5-2)18-6-3/h7,9,11H,4-6H2,1-3H3,(H2,12,16). The van der Waals surface area contributed by atoms with Crippen LogP contribution in [0.5, 0.6) is 0 Å². The molecule has 1 unspecified atom stereocenters. The van der Waals surface area contributed by atoms with Gasteiger partial charge < -0.3 is 15.2 Å². The Labute approximate surface area is 106 Å². The Balaban J connectivity index is 2.85. The quantitative estimate of drug-likeness (QED) is 0.694. The topological polar surface area (TPSA) is 92.3 Å². The number of hydrogen-bond donors (Lipinski definition) is 1. The van der Waals surface area contributed by atoms with Gasteiger partial charge in [0.2, 0.25) is 12.2 Å². The van der Waals surface area contributed by atoms with E-state index in [0.29, 0.717) is 25.3 Å². The molecule has 2 N–H and O–H groups in total. The molecule has 0 radical (unpaired) electrons. The zero-order valence-corrected chi connectivity index (χ0v) is 11.0. The first-order valence-electron chi connectivity index (χ1n) is 6.08. The molecule has 7 nitrogen and oxygen atoms in total. The highest BCUT2D eigenvalue weighted by Crippen LogP contribution is 2.18. The van der Waals surface area contributed by atoms with Crippen LogP contribution in [0.25, 0.3) is 0 Å². The highest BCUT2D eigenvalue weighted by molar-refractivity contribution is 5.78. The van der Waals surface area contributed by atoms with E-state index < -0.39 is 18.2 Å². The van der Waals surface area contributed by atoms with Crippen molar-refractivity contribution in [1.82, 2.24) is 15.0 Å². The van der Waals surface area contributed by atoms with Gasteiger partial charge in [-0.25, -0.2) is 4.68 Å². The van der Waals surface area contributed by atoms with E-state index >= 15 is 0 Å². The molecule has 102 valence electrons. The summed E-state index contributed by atoms with van der Waals surface area (Å²) in [6, 6.07) is -0.491. The van der Waals surface area contributed by atoms with Gasteiger partial charge in [-0.3, -0.25) is 4.79 Å². The fourth-order valence-corrected chi connectivity index (χ4v) is 1.59. The summed E-state index contributed by atoms with van der Waals surface area (Å²) in [6.07, 6.45) is 1.64. The van der Waals surface area contributed by atoms with Crippen molar-refractivity contribution < 1.29 is 14.3 Å². The van der Waals surface area contributed by atoms with E-state index in [-0.39, 0.29) is 0 Å². The molecule has 0 aliphatic carbocycles. The van der Waals surface area contributed by atoms with Crippen LogP contribution in [-0.2, 0) is 14.3 Å². The third kappa shape index (κ3) is 3.51. The van der Waals surface area contributed by atoms with Crippen LogP contribution in [0, 0.1) is 0 Å². The van der Waals surface area contributed by atoms with Gasteiger partial charge in [0, 0.05) is 13.2 Å². The molecular formula is C11H20N4O3. The molecule has 0 aromatic carbocycles. The fourth-order valence-electron chi connectivity index (χ4n) is 1.59.